The summed E-state index contributed by atoms with van der Waals surface area (Å²) in [6.45, 7) is 6.93. The predicted molar refractivity (Wildman–Crippen MR) is 109 cm³/mol. The molecule has 2 unspecified atom stereocenters. The van der Waals surface area contributed by atoms with Gasteiger partial charge in [-0.05, 0) is 57.0 Å². The van der Waals surface area contributed by atoms with E-state index in [9.17, 15) is 9.59 Å². The van der Waals surface area contributed by atoms with Gasteiger partial charge >= 0.3 is 0 Å². The van der Waals surface area contributed by atoms with Crippen molar-refractivity contribution in [1.82, 2.24) is 10.9 Å². The van der Waals surface area contributed by atoms with Crippen LogP contribution in [-0.4, -0.2) is 24.0 Å². The van der Waals surface area contributed by atoms with Crippen LogP contribution in [0.25, 0.3) is 0 Å². The highest BCUT2D eigenvalue weighted by Gasteiger charge is 2.20. The normalized spacial score (nSPS) is 12.6. The highest BCUT2D eigenvalue weighted by Crippen LogP contribution is 2.28. The Labute approximate surface area is 174 Å². The van der Waals surface area contributed by atoms with Gasteiger partial charge in [0, 0.05) is 5.02 Å². The molecule has 0 aliphatic carbocycles. The first-order chi connectivity index (χ1) is 13.2. The molecule has 0 saturated heterocycles. The molecule has 0 radical (unpaired) electrons. The first kappa shape index (κ1) is 21.9. The molecule has 0 fully saturated rings. The number of rotatable bonds is 6. The number of nitrogens with one attached hydrogen (secondary N) is 2. The first-order valence-corrected chi connectivity index (χ1v) is 9.39. The van der Waals surface area contributed by atoms with Gasteiger partial charge in [0.2, 0.25) is 0 Å². The molecule has 0 bridgehead atoms. The van der Waals surface area contributed by atoms with Crippen molar-refractivity contribution in [2.75, 3.05) is 0 Å². The molecular formula is C20H22Cl2N2O4. The molecule has 0 heterocycles. The summed E-state index contributed by atoms with van der Waals surface area (Å²) in [7, 11) is 0. The maximum atomic E-state index is 12.2. The van der Waals surface area contributed by atoms with Gasteiger partial charge in [0.15, 0.2) is 12.2 Å². The van der Waals surface area contributed by atoms with Crippen LogP contribution in [0.5, 0.6) is 11.5 Å². The number of amides is 2. The number of carbonyl (C=O) groups excluding carboxylic acids is 2. The van der Waals surface area contributed by atoms with Crippen LogP contribution in [0.15, 0.2) is 36.4 Å². The van der Waals surface area contributed by atoms with Crippen molar-refractivity contribution in [2.24, 2.45) is 0 Å². The lowest BCUT2D eigenvalue weighted by Gasteiger charge is -2.19. The molecule has 2 aromatic rings. The third-order valence-corrected chi connectivity index (χ3v) is 4.48. The maximum Gasteiger partial charge on any atom is 0.279 e. The maximum absolute atomic E-state index is 12.2. The standard InChI is InChI=1S/C20H22Cl2N2O4/c1-11-6-5-7-12(2)18(11)28-14(4)20(26)24-23-19(25)13(3)27-17-9-8-15(21)10-16(17)22/h5-10,13-14H,1-4H3,(H,23,25)(H,24,26). The van der Waals surface area contributed by atoms with Gasteiger partial charge in [-0.3, -0.25) is 20.4 Å². The zero-order valence-corrected chi connectivity index (χ0v) is 17.5. The summed E-state index contributed by atoms with van der Waals surface area (Å²) in [4.78, 5) is 24.4. The highest BCUT2D eigenvalue weighted by atomic mass is 35.5. The quantitative estimate of drug-likeness (QED) is 0.687. The van der Waals surface area contributed by atoms with Crippen molar-refractivity contribution in [3.63, 3.8) is 0 Å². The summed E-state index contributed by atoms with van der Waals surface area (Å²) in [6, 6.07) is 10.4. The number of carbonyl (C=O) groups is 2. The lowest BCUT2D eigenvalue weighted by atomic mass is 10.1. The van der Waals surface area contributed by atoms with Crippen molar-refractivity contribution < 1.29 is 19.1 Å². The molecule has 2 amide bonds. The van der Waals surface area contributed by atoms with Gasteiger partial charge in [0.1, 0.15) is 11.5 Å². The van der Waals surface area contributed by atoms with Crippen molar-refractivity contribution >= 4 is 35.0 Å². The van der Waals surface area contributed by atoms with E-state index in [1.165, 1.54) is 13.0 Å². The average molecular weight is 425 g/mol. The number of ether oxygens (including phenoxy) is 2. The number of halogens is 2. The summed E-state index contributed by atoms with van der Waals surface area (Å²) < 4.78 is 11.2. The number of aryl methyl sites for hydroxylation is 2. The molecule has 0 aromatic heterocycles. The Morgan fingerprint density at radius 3 is 1.96 bits per heavy atom. The van der Waals surface area contributed by atoms with Crippen molar-refractivity contribution in [3.8, 4) is 11.5 Å². The topological polar surface area (TPSA) is 76.7 Å². The number of hydrazine groups is 1. The Balaban J connectivity index is 1.88. The number of hydrogen-bond acceptors (Lipinski definition) is 4. The highest BCUT2D eigenvalue weighted by molar-refractivity contribution is 6.35. The van der Waals surface area contributed by atoms with Crippen LogP contribution in [0, 0.1) is 13.8 Å². The number of hydrogen-bond donors (Lipinski definition) is 2. The Bertz CT molecular complexity index is 853. The second-order valence-electron chi connectivity index (χ2n) is 6.29. The fourth-order valence-electron chi connectivity index (χ4n) is 2.36. The zero-order valence-electron chi connectivity index (χ0n) is 16.0. The first-order valence-electron chi connectivity index (χ1n) is 8.63. The van der Waals surface area contributed by atoms with Crippen LogP contribution in [-0.2, 0) is 9.59 Å². The van der Waals surface area contributed by atoms with Gasteiger partial charge in [-0.15, -0.1) is 0 Å². The van der Waals surface area contributed by atoms with E-state index in [-0.39, 0.29) is 5.02 Å². The van der Waals surface area contributed by atoms with E-state index in [1.807, 2.05) is 32.0 Å². The third kappa shape index (κ3) is 5.78. The molecule has 0 aliphatic rings. The minimum atomic E-state index is -0.895. The predicted octanol–water partition coefficient (Wildman–Crippen LogP) is 3.99. The minimum absolute atomic E-state index is 0.284. The van der Waals surface area contributed by atoms with Crippen LogP contribution in [0.3, 0.4) is 0 Å². The van der Waals surface area contributed by atoms with E-state index in [0.29, 0.717) is 16.5 Å². The largest absolute Gasteiger partial charge is 0.480 e. The van der Waals surface area contributed by atoms with Crippen LogP contribution < -0.4 is 20.3 Å². The molecule has 6 nitrogen and oxygen atoms in total. The fourth-order valence-corrected chi connectivity index (χ4v) is 2.81. The molecule has 28 heavy (non-hydrogen) atoms. The fraction of sp³-hybridized carbons (Fsp3) is 0.300. The summed E-state index contributed by atoms with van der Waals surface area (Å²) in [6.07, 6.45) is -1.70. The SMILES string of the molecule is Cc1cccc(C)c1OC(C)C(=O)NNC(=O)C(C)Oc1ccc(Cl)cc1Cl. The molecule has 2 rings (SSSR count). The van der Waals surface area contributed by atoms with E-state index in [1.54, 1.807) is 19.1 Å². The second-order valence-corrected chi connectivity index (χ2v) is 7.14. The summed E-state index contributed by atoms with van der Waals surface area (Å²) >= 11 is 11.9. The molecule has 0 saturated carbocycles. The lowest BCUT2D eigenvalue weighted by molar-refractivity contribution is -0.135. The molecule has 0 aliphatic heterocycles. The Kier molecular flexibility index (Phi) is 7.54. The van der Waals surface area contributed by atoms with Crippen LogP contribution >= 0.6 is 23.2 Å². The smallest absolute Gasteiger partial charge is 0.279 e. The van der Waals surface area contributed by atoms with Gasteiger partial charge in [0.05, 0.1) is 5.02 Å². The van der Waals surface area contributed by atoms with E-state index in [2.05, 4.69) is 10.9 Å². The molecule has 0 spiro atoms. The lowest BCUT2D eigenvalue weighted by Crippen LogP contribution is -2.50. The minimum Gasteiger partial charge on any atom is -0.480 e. The van der Waals surface area contributed by atoms with Gasteiger partial charge in [-0.1, -0.05) is 41.4 Å². The Hall–Kier alpha value is -2.44. The van der Waals surface area contributed by atoms with Gasteiger partial charge < -0.3 is 9.47 Å². The van der Waals surface area contributed by atoms with Gasteiger partial charge in [-0.2, -0.15) is 0 Å². The van der Waals surface area contributed by atoms with E-state index in [0.717, 1.165) is 11.1 Å². The summed E-state index contributed by atoms with van der Waals surface area (Å²) in [5.74, 6) is -0.0799. The molecule has 2 N–H and O–H groups in total. The summed E-state index contributed by atoms with van der Waals surface area (Å²) in [5.41, 5.74) is 6.49. The van der Waals surface area contributed by atoms with Crippen LogP contribution in [0.1, 0.15) is 25.0 Å². The van der Waals surface area contributed by atoms with E-state index >= 15 is 0 Å². The molecule has 2 aromatic carbocycles. The van der Waals surface area contributed by atoms with E-state index < -0.39 is 24.0 Å². The van der Waals surface area contributed by atoms with Crippen LogP contribution in [0.4, 0.5) is 0 Å². The molecule has 2 atom stereocenters. The monoisotopic (exact) mass is 424 g/mol. The Morgan fingerprint density at radius 2 is 1.43 bits per heavy atom. The molecule has 150 valence electrons. The third-order valence-electron chi connectivity index (χ3n) is 3.95. The summed E-state index contributed by atoms with van der Waals surface area (Å²) in [5, 5.41) is 0.742. The van der Waals surface area contributed by atoms with Crippen molar-refractivity contribution in [2.45, 2.75) is 39.9 Å². The molecule has 8 heteroatoms. The average Bonchev–Trinajstić information content (AvgIpc) is 2.64. The van der Waals surface area contributed by atoms with E-state index in [4.69, 9.17) is 32.7 Å². The second kappa shape index (κ2) is 9.66. The zero-order chi connectivity index (χ0) is 20.8. The van der Waals surface area contributed by atoms with Gasteiger partial charge in [-0.25, -0.2) is 0 Å². The Morgan fingerprint density at radius 1 is 0.893 bits per heavy atom. The number of benzene rings is 2. The number of para-hydroxylation sites is 1. The van der Waals surface area contributed by atoms with Crippen molar-refractivity contribution in [3.05, 3.63) is 57.6 Å². The molecular weight excluding hydrogens is 403 g/mol. The van der Waals surface area contributed by atoms with Crippen LogP contribution in [0.2, 0.25) is 10.0 Å². The van der Waals surface area contributed by atoms with Crippen molar-refractivity contribution in [1.29, 1.82) is 0 Å². The van der Waals surface area contributed by atoms with Gasteiger partial charge in [0.25, 0.3) is 11.8 Å².